The van der Waals surface area contributed by atoms with E-state index in [0.29, 0.717) is 11.3 Å². The second-order valence-electron chi connectivity index (χ2n) is 3.97. The van der Waals surface area contributed by atoms with Crippen LogP contribution in [0.2, 0.25) is 0 Å². The Bertz CT molecular complexity index is 667. The van der Waals surface area contributed by atoms with Crippen LogP contribution in [0.15, 0.2) is 30.5 Å². The number of nitro benzene ring substituents is 1. The van der Waals surface area contributed by atoms with Gasteiger partial charge in [0.2, 0.25) is 0 Å². The number of hydrogen-bond acceptors (Lipinski definition) is 5. The van der Waals surface area contributed by atoms with Gasteiger partial charge in [-0.05, 0) is 18.2 Å². The first-order valence-electron chi connectivity index (χ1n) is 6.01. The summed E-state index contributed by atoms with van der Waals surface area (Å²) in [7, 11) is 0. The molecule has 1 N–H and O–H groups in total. The summed E-state index contributed by atoms with van der Waals surface area (Å²) in [6, 6.07) is 6.79. The lowest BCUT2D eigenvalue weighted by atomic mass is 10.1. The quantitative estimate of drug-likeness (QED) is 0.383. The number of nitrogens with zero attached hydrogens (tertiary/aromatic N) is 2. The number of pyridine rings is 1. The highest BCUT2D eigenvalue weighted by atomic mass is 32.2. The van der Waals surface area contributed by atoms with Crippen molar-refractivity contribution >= 4 is 34.0 Å². The van der Waals surface area contributed by atoms with Gasteiger partial charge in [-0.3, -0.25) is 10.1 Å². The zero-order valence-corrected chi connectivity index (χ0v) is 11.5. The summed E-state index contributed by atoms with van der Waals surface area (Å²) in [4.78, 5) is 14.7. The molecule has 0 amide bonds. The maximum Gasteiger partial charge on any atom is 0.295 e. The molecule has 6 heteroatoms. The van der Waals surface area contributed by atoms with Crippen LogP contribution < -0.4 is 5.32 Å². The molecule has 5 nitrogen and oxygen atoms in total. The topological polar surface area (TPSA) is 68.1 Å². The van der Waals surface area contributed by atoms with Gasteiger partial charge in [-0.1, -0.05) is 5.92 Å². The van der Waals surface area contributed by atoms with Gasteiger partial charge in [0, 0.05) is 35.6 Å². The van der Waals surface area contributed by atoms with Gasteiger partial charge in [-0.15, -0.1) is 18.2 Å². The van der Waals surface area contributed by atoms with Gasteiger partial charge in [0.25, 0.3) is 5.69 Å². The van der Waals surface area contributed by atoms with Crippen molar-refractivity contribution in [2.75, 3.05) is 23.4 Å². The molecule has 1 aromatic heterocycles. The molecule has 0 radical (unpaired) electrons. The van der Waals surface area contributed by atoms with Gasteiger partial charge >= 0.3 is 0 Å². The maximum absolute atomic E-state index is 11.0. The molecule has 0 aliphatic heterocycles. The number of thioether (sulfide) groups is 1. The lowest BCUT2D eigenvalue weighted by Gasteiger charge is -2.09. The molecule has 102 valence electrons. The van der Waals surface area contributed by atoms with Gasteiger partial charge in [0.15, 0.2) is 0 Å². The maximum atomic E-state index is 11.0. The molecule has 0 atom stereocenters. The highest BCUT2D eigenvalue weighted by molar-refractivity contribution is 7.99. The van der Waals surface area contributed by atoms with E-state index in [1.165, 1.54) is 6.07 Å². The summed E-state index contributed by atoms with van der Waals surface area (Å²) in [6.07, 6.45) is 6.74. The molecule has 2 aromatic rings. The fourth-order valence-corrected chi connectivity index (χ4v) is 2.36. The molecule has 1 aromatic carbocycles. The zero-order chi connectivity index (χ0) is 14.4. The molecule has 0 fully saturated rings. The molecule has 0 saturated carbocycles. The summed E-state index contributed by atoms with van der Waals surface area (Å²) >= 11 is 1.66. The number of nitro groups is 1. The third-order valence-electron chi connectivity index (χ3n) is 2.69. The first-order chi connectivity index (χ1) is 9.74. The highest BCUT2D eigenvalue weighted by Gasteiger charge is 2.14. The van der Waals surface area contributed by atoms with Crippen molar-refractivity contribution in [1.82, 2.24) is 4.98 Å². The average Bonchev–Trinajstić information content (AvgIpc) is 2.46. The Morgan fingerprint density at radius 1 is 1.45 bits per heavy atom. The standard InChI is InChI=1S/C14H13N3O2S/c1-2-9-20-10-8-15-12-5-6-13(17(18)19)14-11(12)4-3-7-16-14/h1,3-7,15H,8-10H2. The molecule has 20 heavy (non-hydrogen) atoms. The van der Waals surface area contributed by atoms with Crippen molar-refractivity contribution < 1.29 is 4.92 Å². The zero-order valence-electron chi connectivity index (χ0n) is 10.7. The number of terminal acetylenes is 1. The predicted octanol–water partition coefficient (Wildman–Crippen LogP) is 2.92. The van der Waals surface area contributed by atoms with Crippen LogP contribution in [0.3, 0.4) is 0 Å². The minimum atomic E-state index is -0.415. The fraction of sp³-hybridized carbons (Fsp3) is 0.214. The van der Waals surface area contributed by atoms with Crippen LogP contribution in [0.5, 0.6) is 0 Å². The van der Waals surface area contributed by atoms with Crippen molar-refractivity contribution in [2.45, 2.75) is 0 Å². The normalized spacial score (nSPS) is 10.2. The minimum absolute atomic E-state index is 0.0212. The number of benzene rings is 1. The Hall–Kier alpha value is -2.26. The number of anilines is 1. The van der Waals surface area contributed by atoms with Gasteiger partial charge < -0.3 is 5.32 Å². The van der Waals surface area contributed by atoms with Crippen molar-refractivity contribution in [3.05, 3.63) is 40.6 Å². The second-order valence-corrected chi connectivity index (χ2v) is 5.08. The van der Waals surface area contributed by atoms with E-state index in [2.05, 4.69) is 16.2 Å². The Kier molecular flexibility index (Phi) is 4.80. The van der Waals surface area contributed by atoms with Crippen molar-refractivity contribution in [3.63, 3.8) is 0 Å². The molecule has 0 aliphatic rings. The summed E-state index contributed by atoms with van der Waals surface area (Å²) in [5, 5.41) is 15.0. The average molecular weight is 287 g/mol. The van der Waals surface area contributed by atoms with Crippen molar-refractivity contribution in [3.8, 4) is 12.3 Å². The van der Waals surface area contributed by atoms with Crippen LogP contribution in [0.25, 0.3) is 10.9 Å². The van der Waals surface area contributed by atoms with E-state index in [0.717, 1.165) is 23.4 Å². The first-order valence-corrected chi connectivity index (χ1v) is 7.16. The largest absolute Gasteiger partial charge is 0.384 e. The van der Waals surface area contributed by atoms with Crippen LogP contribution in [0.1, 0.15) is 0 Å². The summed E-state index contributed by atoms with van der Waals surface area (Å²) in [6.45, 7) is 0.744. The van der Waals surface area contributed by atoms with E-state index in [9.17, 15) is 10.1 Å². The monoisotopic (exact) mass is 287 g/mol. The Labute approximate surface area is 120 Å². The predicted molar refractivity (Wildman–Crippen MR) is 83.0 cm³/mol. The number of aromatic nitrogens is 1. The van der Waals surface area contributed by atoms with Gasteiger partial charge in [0.05, 0.1) is 10.7 Å². The molecular weight excluding hydrogens is 274 g/mol. The summed E-state index contributed by atoms with van der Waals surface area (Å²) < 4.78 is 0. The van der Waals surface area contributed by atoms with Crippen LogP contribution in [-0.2, 0) is 0 Å². The first kappa shape index (κ1) is 14.2. The Morgan fingerprint density at radius 2 is 2.30 bits per heavy atom. The molecule has 0 spiro atoms. The van der Waals surface area contributed by atoms with E-state index >= 15 is 0 Å². The van der Waals surface area contributed by atoms with Crippen LogP contribution >= 0.6 is 11.8 Å². The van der Waals surface area contributed by atoms with Crippen LogP contribution in [-0.4, -0.2) is 28.0 Å². The van der Waals surface area contributed by atoms with Gasteiger partial charge in [0.1, 0.15) is 5.52 Å². The van der Waals surface area contributed by atoms with E-state index in [4.69, 9.17) is 6.42 Å². The summed E-state index contributed by atoms with van der Waals surface area (Å²) in [5.41, 5.74) is 1.27. The second kappa shape index (κ2) is 6.78. The van der Waals surface area contributed by atoms with E-state index in [-0.39, 0.29) is 5.69 Å². The van der Waals surface area contributed by atoms with Crippen molar-refractivity contribution in [1.29, 1.82) is 0 Å². The number of hydrogen-bond donors (Lipinski definition) is 1. The minimum Gasteiger partial charge on any atom is -0.384 e. The van der Waals surface area contributed by atoms with Gasteiger partial charge in [-0.2, -0.15) is 0 Å². The molecule has 0 aliphatic carbocycles. The molecular formula is C14H13N3O2S. The van der Waals surface area contributed by atoms with Crippen molar-refractivity contribution in [2.24, 2.45) is 0 Å². The third-order valence-corrected chi connectivity index (χ3v) is 3.56. The molecule has 0 unspecified atom stereocenters. The fourth-order valence-electron chi connectivity index (χ4n) is 1.85. The SMILES string of the molecule is C#CCSCCNc1ccc([N+](=O)[O-])c2ncccc12. The van der Waals surface area contributed by atoms with Gasteiger partial charge in [-0.25, -0.2) is 4.98 Å². The number of nitrogens with one attached hydrogen (secondary N) is 1. The molecule has 0 saturated heterocycles. The lowest BCUT2D eigenvalue weighted by molar-refractivity contribution is -0.383. The Morgan fingerprint density at radius 3 is 3.05 bits per heavy atom. The highest BCUT2D eigenvalue weighted by Crippen LogP contribution is 2.29. The molecule has 0 bridgehead atoms. The Balaban J connectivity index is 2.21. The number of fused-ring (bicyclic) bond motifs is 1. The van der Waals surface area contributed by atoms with E-state index < -0.39 is 4.92 Å². The van der Waals surface area contributed by atoms with Crippen LogP contribution in [0.4, 0.5) is 11.4 Å². The smallest absolute Gasteiger partial charge is 0.295 e. The van der Waals surface area contributed by atoms with Crippen LogP contribution in [0, 0.1) is 22.5 Å². The molecule has 1 heterocycles. The number of rotatable bonds is 6. The number of non-ortho nitro benzene ring substituents is 1. The lowest BCUT2D eigenvalue weighted by Crippen LogP contribution is -2.05. The third kappa shape index (κ3) is 3.19. The van der Waals surface area contributed by atoms with E-state index in [1.807, 2.05) is 6.07 Å². The summed E-state index contributed by atoms with van der Waals surface area (Å²) in [5.74, 6) is 4.13. The molecule has 2 rings (SSSR count). The van der Waals surface area contributed by atoms with E-state index in [1.54, 1.807) is 30.1 Å².